The van der Waals surface area contributed by atoms with Crippen LogP contribution in [0.2, 0.25) is 10.0 Å². The first kappa shape index (κ1) is 28.8. The third kappa shape index (κ3) is 8.92. The normalized spacial score (nSPS) is 11.7. The fourth-order valence-corrected chi connectivity index (χ4v) is 5.25. The fourth-order valence-electron chi connectivity index (χ4n) is 3.09. The molecule has 0 aliphatic rings. The first-order chi connectivity index (χ1) is 17.6. The van der Waals surface area contributed by atoms with Crippen molar-refractivity contribution in [3.05, 3.63) is 58.1 Å². The van der Waals surface area contributed by atoms with Crippen molar-refractivity contribution < 1.29 is 19.5 Å². The minimum atomic E-state index is -1.24. The van der Waals surface area contributed by atoms with Gasteiger partial charge in [-0.1, -0.05) is 65.3 Å². The van der Waals surface area contributed by atoms with E-state index < -0.39 is 29.5 Å². The lowest BCUT2D eigenvalue weighted by Crippen LogP contribution is -2.42. The number of rotatable bonds is 12. The van der Waals surface area contributed by atoms with Gasteiger partial charge in [-0.25, -0.2) is 0 Å². The minimum absolute atomic E-state index is 0.199. The number of tetrazole rings is 1. The second-order valence-corrected chi connectivity index (χ2v) is 10.8. The molecule has 196 valence electrons. The van der Waals surface area contributed by atoms with Crippen LogP contribution in [-0.4, -0.2) is 68.2 Å². The van der Waals surface area contributed by atoms with E-state index in [1.54, 1.807) is 12.1 Å². The number of ketones is 1. The van der Waals surface area contributed by atoms with Crippen LogP contribution < -0.4 is 10.2 Å². The largest absolute Gasteiger partial charge is 0.481 e. The summed E-state index contributed by atoms with van der Waals surface area (Å²) in [6, 6.07) is 11.9. The molecule has 1 aromatic heterocycles. The summed E-state index contributed by atoms with van der Waals surface area (Å²) < 4.78 is 0. The number of anilines is 1. The molecule has 14 heteroatoms. The topological polar surface area (TPSA) is 130 Å². The number of carboxylic acid groups (broad SMARTS) is 1. The number of halogens is 2. The molecule has 1 atom stereocenters. The van der Waals surface area contributed by atoms with Crippen molar-refractivity contribution in [3.63, 3.8) is 0 Å². The summed E-state index contributed by atoms with van der Waals surface area (Å²) >= 11 is 14.8. The number of Topliss-reactive ketones (excluding diaryl/α,β-unsaturated/α-hetero) is 1. The van der Waals surface area contributed by atoms with E-state index in [4.69, 9.17) is 23.2 Å². The van der Waals surface area contributed by atoms with Crippen LogP contribution in [0.3, 0.4) is 0 Å². The summed E-state index contributed by atoms with van der Waals surface area (Å²) in [6.45, 7) is -0.374. The third-order valence-corrected chi connectivity index (χ3v) is 7.55. The maximum absolute atomic E-state index is 12.8. The molecule has 1 unspecified atom stereocenters. The predicted octanol–water partition coefficient (Wildman–Crippen LogP) is 4.30. The lowest BCUT2D eigenvalue weighted by atomic mass is 10.1. The quantitative estimate of drug-likeness (QED) is 0.318. The number of aliphatic carboxylic acids is 1. The van der Waals surface area contributed by atoms with Gasteiger partial charge in [0.15, 0.2) is 5.78 Å². The molecule has 1 heterocycles. The number of benzene rings is 2. The number of amides is 1. The summed E-state index contributed by atoms with van der Waals surface area (Å²) in [4.78, 5) is 39.8. The fraction of sp³-hybridized carbons (Fsp3) is 0.304. The van der Waals surface area contributed by atoms with Gasteiger partial charge < -0.3 is 15.3 Å². The number of hydrogen-bond donors (Lipinski definition) is 2. The summed E-state index contributed by atoms with van der Waals surface area (Å²) in [6.07, 6.45) is 0.0925. The first-order valence-corrected chi connectivity index (χ1v) is 13.5. The number of aryl methyl sites for hydroxylation is 1. The summed E-state index contributed by atoms with van der Waals surface area (Å²) in [5.41, 5.74) is 1.90. The van der Waals surface area contributed by atoms with Crippen molar-refractivity contribution in [1.29, 1.82) is 0 Å². The van der Waals surface area contributed by atoms with Crippen molar-refractivity contribution in [2.24, 2.45) is 0 Å². The molecule has 2 aromatic carbocycles. The maximum atomic E-state index is 12.8. The van der Waals surface area contributed by atoms with Crippen LogP contribution in [0.25, 0.3) is 0 Å². The van der Waals surface area contributed by atoms with Gasteiger partial charge in [0.1, 0.15) is 12.6 Å². The summed E-state index contributed by atoms with van der Waals surface area (Å²) in [5, 5.41) is 24.2. The van der Waals surface area contributed by atoms with E-state index >= 15 is 0 Å². The molecule has 0 saturated heterocycles. The lowest BCUT2D eigenvalue weighted by molar-refractivity contribution is -0.139. The van der Waals surface area contributed by atoms with Crippen molar-refractivity contribution in [1.82, 2.24) is 25.5 Å². The zero-order valence-corrected chi connectivity index (χ0v) is 23.1. The highest BCUT2D eigenvalue weighted by Gasteiger charge is 2.25. The SMILES string of the molecule is CN(C)c1cc(Cl)c(Sc2nnn(CC(=O)C(CC(=O)O)NC(=O)SCCc3ccccc3)n2)c(Cl)c1. The van der Waals surface area contributed by atoms with Gasteiger partial charge in [0.05, 0.1) is 21.4 Å². The standard InChI is InChI=1S/C23H24Cl2N6O4S2/c1-30(2)15-10-16(24)21(17(25)11-15)37-22-27-29-31(28-22)13-19(32)18(12-20(33)34)26-23(35)36-9-8-14-6-4-3-5-7-14/h3-7,10-11,18H,8-9,12-13H2,1-2H3,(H,26,35)(H,33,34). The summed E-state index contributed by atoms with van der Waals surface area (Å²) in [5.74, 6) is -1.31. The number of hydrogen-bond acceptors (Lipinski definition) is 9. The smallest absolute Gasteiger partial charge is 0.305 e. The average Bonchev–Trinajstić information content (AvgIpc) is 3.28. The molecule has 0 bridgehead atoms. The molecule has 0 aliphatic heterocycles. The third-order valence-electron chi connectivity index (χ3n) is 4.95. The highest BCUT2D eigenvalue weighted by molar-refractivity contribution is 8.13. The Hall–Kier alpha value is -2.80. The number of carbonyl (C=O) groups is 3. The van der Waals surface area contributed by atoms with Crippen LogP contribution in [0.5, 0.6) is 0 Å². The zero-order chi connectivity index (χ0) is 26.9. The first-order valence-electron chi connectivity index (χ1n) is 11.0. The molecule has 2 N–H and O–H groups in total. The number of nitrogens with one attached hydrogen (secondary N) is 1. The molecule has 0 fully saturated rings. The van der Waals surface area contributed by atoms with Crippen LogP contribution in [-0.2, 0) is 22.6 Å². The van der Waals surface area contributed by atoms with Gasteiger partial charge in [-0.15, -0.1) is 10.2 Å². The van der Waals surface area contributed by atoms with E-state index in [1.807, 2.05) is 49.3 Å². The Balaban J connectivity index is 1.59. The van der Waals surface area contributed by atoms with E-state index in [0.717, 1.165) is 39.6 Å². The van der Waals surface area contributed by atoms with E-state index in [9.17, 15) is 19.5 Å². The molecule has 0 radical (unpaired) electrons. The number of aromatic nitrogens is 4. The van der Waals surface area contributed by atoms with E-state index in [1.165, 1.54) is 0 Å². The second kappa shape index (κ2) is 13.7. The van der Waals surface area contributed by atoms with Gasteiger partial charge in [0, 0.05) is 25.5 Å². The molecule has 0 aliphatic carbocycles. The Morgan fingerprint density at radius 3 is 2.43 bits per heavy atom. The van der Waals surface area contributed by atoms with Gasteiger partial charge in [-0.05, 0) is 41.1 Å². The average molecular weight is 584 g/mol. The Kier molecular flexibility index (Phi) is 10.6. The van der Waals surface area contributed by atoms with Gasteiger partial charge in [0.25, 0.3) is 5.24 Å². The van der Waals surface area contributed by atoms with Crippen molar-refractivity contribution in [2.75, 3.05) is 24.7 Å². The molecule has 3 aromatic rings. The van der Waals surface area contributed by atoms with Crippen molar-refractivity contribution in [2.45, 2.75) is 35.5 Å². The monoisotopic (exact) mass is 582 g/mol. The Morgan fingerprint density at radius 2 is 1.81 bits per heavy atom. The number of nitrogens with zero attached hydrogens (tertiary/aromatic N) is 5. The molecular formula is C23H24Cl2N6O4S2. The van der Waals surface area contributed by atoms with Crippen LogP contribution in [0, 0.1) is 0 Å². The minimum Gasteiger partial charge on any atom is -0.481 e. The second-order valence-electron chi connectivity index (χ2n) is 7.97. The molecule has 1 amide bonds. The van der Waals surface area contributed by atoms with Crippen LogP contribution in [0.4, 0.5) is 10.5 Å². The maximum Gasteiger partial charge on any atom is 0.305 e. The van der Waals surface area contributed by atoms with Crippen molar-refractivity contribution >= 4 is 69.4 Å². The van der Waals surface area contributed by atoms with Crippen LogP contribution in [0.15, 0.2) is 52.5 Å². The van der Waals surface area contributed by atoms with E-state index in [0.29, 0.717) is 27.1 Å². The molecule has 0 spiro atoms. The lowest BCUT2D eigenvalue weighted by Gasteiger charge is -2.15. The summed E-state index contributed by atoms with van der Waals surface area (Å²) in [7, 11) is 3.73. The van der Waals surface area contributed by atoms with Gasteiger partial charge in [0.2, 0.25) is 5.16 Å². The number of carbonyl (C=O) groups excluding carboxylic acids is 2. The van der Waals surface area contributed by atoms with Crippen molar-refractivity contribution in [3.8, 4) is 0 Å². The molecule has 0 saturated carbocycles. The van der Waals surface area contributed by atoms with Crippen LogP contribution in [0.1, 0.15) is 12.0 Å². The highest BCUT2D eigenvalue weighted by Crippen LogP contribution is 2.39. The predicted molar refractivity (Wildman–Crippen MR) is 145 cm³/mol. The Morgan fingerprint density at radius 1 is 1.14 bits per heavy atom. The molecule has 3 rings (SSSR count). The molecule has 37 heavy (non-hydrogen) atoms. The van der Waals surface area contributed by atoms with Crippen LogP contribution >= 0.6 is 46.7 Å². The number of thioether (sulfide) groups is 1. The highest BCUT2D eigenvalue weighted by atomic mass is 35.5. The van der Waals surface area contributed by atoms with E-state index in [2.05, 4.69) is 20.7 Å². The zero-order valence-electron chi connectivity index (χ0n) is 19.9. The van der Waals surface area contributed by atoms with Gasteiger partial charge in [-0.3, -0.25) is 14.4 Å². The number of carboxylic acids is 1. The Bertz CT molecular complexity index is 1240. The Labute approximate surface area is 232 Å². The van der Waals surface area contributed by atoms with E-state index in [-0.39, 0.29) is 11.7 Å². The van der Waals surface area contributed by atoms with Gasteiger partial charge >= 0.3 is 5.97 Å². The van der Waals surface area contributed by atoms with Gasteiger partial charge in [-0.2, -0.15) is 4.80 Å². The molecular weight excluding hydrogens is 559 g/mol. The molecule has 10 nitrogen and oxygen atoms in total.